The van der Waals surface area contributed by atoms with Crippen molar-refractivity contribution in [3.63, 3.8) is 0 Å². The van der Waals surface area contributed by atoms with Gasteiger partial charge < -0.3 is 14.7 Å². The van der Waals surface area contributed by atoms with Crippen LogP contribution in [0.25, 0.3) is 33.0 Å². The maximum Gasteiger partial charge on any atom is 0.156 e. The quantitative estimate of drug-likeness (QED) is 0.482. The summed E-state index contributed by atoms with van der Waals surface area (Å²) in [5.41, 5.74) is 3.28. The van der Waals surface area contributed by atoms with Crippen molar-refractivity contribution in [1.29, 1.82) is 0 Å². The van der Waals surface area contributed by atoms with Gasteiger partial charge in [-0.15, -0.1) is 11.3 Å². The average Bonchev–Trinajstić information content (AvgIpc) is 3.52. The Labute approximate surface area is 171 Å². The highest BCUT2D eigenvalue weighted by Gasteiger charge is 2.40. The molecule has 0 saturated carbocycles. The smallest absolute Gasteiger partial charge is 0.156 e. The van der Waals surface area contributed by atoms with Crippen LogP contribution >= 0.6 is 11.3 Å². The van der Waals surface area contributed by atoms with Crippen LogP contribution in [0.2, 0.25) is 0 Å². The molecule has 4 aromatic heterocycles. The van der Waals surface area contributed by atoms with E-state index in [2.05, 4.69) is 19.9 Å². The van der Waals surface area contributed by atoms with Crippen LogP contribution in [0, 0.1) is 0 Å². The van der Waals surface area contributed by atoms with Crippen molar-refractivity contribution >= 4 is 22.5 Å². The number of thiazole rings is 1. The molecule has 5 aromatic rings. The fourth-order valence-corrected chi connectivity index (χ4v) is 4.76. The normalized spacial score (nSPS) is 18.9. The molecular weight excluding hydrogens is 384 g/mol. The predicted molar refractivity (Wildman–Crippen MR) is 110 cm³/mol. The minimum Gasteiger partial charge on any atom is -0.377 e. The molecule has 0 saturated heterocycles. The number of nitrogens with one attached hydrogen (secondary N) is 1. The highest BCUT2D eigenvalue weighted by molar-refractivity contribution is 7.13. The van der Waals surface area contributed by atoms with Crippen LogP contribution in [0.1, 0.15) is 19.2 Å². The molecule has 1 atom stereocenters. The number of aromatic amines is 1. The van der Waals surface area contributed by atoms with E-state index < -0.39 is 5.60 Å². The molecule has 0 amide bonds. The first-order valence-electron chi connectivity index (χ1n) is 9.73. The highest BCUT2D eigenvalue weighted by Crippen LogP contribution is 2.39. The van der Waals surface area contributed by atoms with Crippen molar-refractivity contribution in [3.05, 3.63) is 72.0 Å². The predicted octanol–water partition coefficient (Wildman–Crippen LogP) is 3.58. The first-order valence-corrected chi connectivity index (χ1v) is 10.1. The second kappa shape index (κ2) is 6.07. The largest absolute Gasteiger partial charge is 0.377 e. The number of aryl methyl sites for hydroxylation is 1. The zero-order valence-corrected chi connectivity index (χ0v) is 16.0. The SMILES string of the molecule is [2H]c1[nH]c2nccnc2c1-c1nc(-c2cccc([C@@]3(O)CCn4ccnc43)c2)cs1. The summed E-state index contributed by atoms with van der Waals surface area (Å²) in [7, 11) is 0. The van der Waals surface area contributed by atoms with Crippen molar-refractivity contribution < 1.29 is 6.48 Å². The lowest BCUT2D eigenvalue weighted by atomic mass is 9.90. The molecule has 5 heterocycles. The van der Waals surface area contributed by atoms with E-state index in [9.17, 15) is 5.11 Å². The van der Waals surface area contributed by atoms with E-state index in [0.717, 1.165) is 23.4 Å². The third-order valence-corrected chi connectivity index (χ3v) is 6.25. The molecule has 0 unspecified atom stereocenters. The molecule has 0 aliphatic carbocycles. The van der Waals surface area contributed by atoms with Gasteiger partial charge in [0.05, 0.1) is 12.6 Å². The summed E-state index contributed by atoms with van der Waals surface area (Å²) in [5, 5.41) is 14.0. The van der Waals surface area contributed by atoms with Gasteiger partial charge in [0.1, 0.15) is 21.9 Å². The van der Waals surface area contributed by atoms with Gasteiger partial charge in [-0.2, -0.15) is 0 Å². The maximum absolute atomic E-state index is 11.3. The van der Waals surface area contributed by atoms with Gasteiger partial charge in [0.15, 0.2) is 5.65 Å². The fourth-order valence-electron chi connectivity index (χ4n) is 3.93. The minimum atomic E-state index is -1.10. The zero-order chi connectivity index (χ0) is 20.3. The van der Waals surface area contributed by atoms with Gasteiger partial charge in [0.25, 0.3) is 0 Å². The Bertz CT molecular complexity index is 1410. The Hall–Kier alpha value is -3.36. The number of benzene rings is 1. The van der Waals surface area contributed by atoms with Crippen LogP contribution in [0.3, 0.4) is 0 Å². The average molecular weight is 401 g/mol. The van der Waals surface area contributed by atoms with Gasteiger partial charge in [-0.1, -0.05) is 18.2 Å². The van der Waals surface area contributed by atoms with Crippen molar-refractivity contribution in [2.24, 2.45) is 0 Å². The topological polar surface area (TPSA) is 92.5 Å². The van der Waals surface area contributed by atoms with Crippen molar-refractivity contribution in [3.8, 4) is 21.8 Å². The number of rotatable bonds is 3. The van der Waals surface area contributed by atoms with Gasteiger partial charge in [-0.05, 0) is 11.6 Å². The number of aromatic nitrogens is 6. The number of fused-ring (bicyclic) bond motifs is 2. The Morgan fingerprint density at radius 1 is 1.21 bits per heavy atom. The van der Waals surface area contributed by atoms with Gasteiger partial charge in [0.2, 0.25) is 0 Å². The van der Waals surface area contributed by atoms with Crippen LogP contribution in [0.4, 0.5) is 0 Å². The Morgan fingerprint density at radius 3 is 3.10 bits per heavy atom. The van der Waals surface area contributed by atoms with Crippen LogP contribution < -0.4 is 0 Å². The Balaban J connectivity index is 1.41. The molecule has 8 heteroatoms. The number of H-pyrrole nitrogens is 1. The summed E-state index contributed by atoms with van der Waals surface area (Å²) >= 11 is 1.46. The number of nitrogens with zero attached hydrogens (tertiary/aromatic N) is 5. The molecule has 1 aromatic carbocycles. The van der Waals surface area contributed by atoms with Crippen LogP contribution in [0.15, 0.2) is 60.6 Å². The molecule has 29 heavy (non-hydrogen) atoms. The van der Waals surface area contributed by atoms with Crippen LogP contribution in [-0.2, 0) is 12.1 Å². The van der Waals surface area contributed by atoms with Crippen molar-refractivity contribution in [1.82, 2.24) is 29.5 Å². The molecule has 0 spiro atoms. The van der Waals surface area contributed by atoms with Gasteiger partial charge in [0, 0.05) is 54.9 Å². The Morgan fingerprint density at radius 2 is 2.14 bits per heavy atom. The van der Waals surface area contributed by atoms with E-state index in [1.165, 1.54) is 11.3 Å². The summed E-state index contributed by atoms with van der Waals surface area (Å²) in [5.74, 6) is 0.676. The molecule has 0 radical (unpaired) electrons. The lowest BCUT2D eigenvalue weighted by Gasteiger charge is -2.22. The third-order valence-electron chi connectivity index (χ3n) is 5.39. The molecular formula is C21H16N6OS. The maximum atomic E-state index is 11.3. The monoisotopic (exact) mass is 401 g/mol. The van der Waals surface area contributed by atoms with Crippen molar-refractivity contribution in [2.75, 3.05) is 0 Å². The van der Waals surface area contributed by atoms with Gasteiger partial charge in [-0.3, -0.25) is 4.98 Å². The van der Waals surface area contributed by atoms with Crippen LogP contribution in [0.5, 0.6) is 0 Å². The van der Waals surface area contributed by atoms with Gasteiger partial charge >= 0.3 is 0 Å². The van der Waals surface area contributed by atoms with E-state index >= 15 is 0 Å². The third kappa shape index (κ3) is 2.46. The van der Waals surface area contributed by atoms with E-state index in [0.29, 0.717) is 34.0 Å². The Kier molecular flexibility index (Phi) is 3.25. The van der Waals surface area contributed by atoms with Crippen LogP contribution in [-0.4, -0.2) is 34.6 Å². The summed E-state index contributed by atoms with van der Waals surface area (Å²) in [6.45, 7) is 0.741. The minimum absolute atomic E-state index is 0.248. The molecule has 0 bridgehead atoms. The van der Waals surface area contributed by atoms with Gasteiger partial charge in [-0.25, -0.2) is 15.0 Å². The number of imidazole rings is 1. The first kappa shape index (κ1) is 15.5. The highest BCUT2D eigenvalue weighted by atomic mass is 32.1. The van der Waals surface area contributed by atoms with E-state index in [1.807, 2.05) is 40.4 Å². The summed E-state index contributed by atoms with van der Waals surface area (Å²) in [4.78, 5) is 20.7. The van der Waals surface area contributed by atoms with E-state index in [4.69, 9.17) is 6.35 Å². The molecule has 2 N–H and O–H groups in total. The molecule has 142 valence electrons. The lowest BCUT2D eigenvalue weighted by Crippen LogP contribution is -2.25. The molecule has 1 aliphatic rings. The second-order valence-electron chi connectivity index (χ2n) is 7.05. The molecule has 6 rings (SSSR count). The standard InChI is InChI=1S/C21H16N6OS/c28-21(4-8-27-9-7-24-20(21)27)14-3-1-2-13(10-14)16-12-29-19(26-16)15-11-25-18-17(15)22-5-6-23-18/h1-3,5-7,9-12,28H,4,8H2,(H,23,25)/t21-/m0/s1/i11D. The lowest BCUT2D eigenvalue weighted by molar-refractivity contribution is 0.0786. The molecule has 7 nitrogen and oxygen atoms in total. The number of hydrogen-bond acceptors (Lipinski definition) is 6. The first-order chi connectivity index (χ1) is 14.6. The number of aliphatic hydroxyl groups is 1. The summed E-state index contributed by atoms with van der Waals surface area (Å²) in [6.07, 6.45) is 7.67. The molecule has 1 aliphatic heterocycles. The molecule has 0 fully saturated rings. The fraction of sp³-hybridized carbons (Fsp3) is 0.143. The van der Waals surface area contributed by atoms with Crippen molar-refractivity contribution in [2.45, 2.75) is 18.6 Å². The van der Waals surface area contributed by atoms with E-state index in [-0.39, 0.29) is 6.17 Å². The van der Waals surface area contributed by atoms with E-state index in [1.54, 1.807) is 18.6 Å². The summed E-state index contributed by atoms with van der Waals surface area (Å²) in [6, 6.07) is 7.81. The second-order valence-corrected chi connectivity index (χ2v) is 7.91. The summed E-state index contributed by atoms with van der Waals surface area (Å²) < 4.78 is 10.3. The number of hydrogen-bond donors (Lipinski definition) is 2. The zero-order valence-electron chi connectivity index (χ0n) is 16.2.